The number of nitrogens with one attached hydrogen (secondary N) is 1. The van der Waals surface area contributed by atoms with E-state index in [-0.39, 0.29) is 6.04 Å². The Morgan fingerprint density at radius 2 is 2.19 bits per heavy atom. The number of aryl methyl sites for hydroxylation is 1. The lowest BCUT2D eigenvalue weighted by Gasteiger charge is -2.20. The molecule has 3 N–H and O–H groups in total. The van der Waals surface area contributed by atoms with Gasteiger partial charge in [0.25, 0.3) is 0 Å². The number of aromatic nitrogens is 2. The Hall–Kier alpha value is -1.11. The van der Waals surface area contributed by atoms with Crippen LogP contribution in [0.5, 0.6) is 0 Å². The van der Waals surface area contributed by atoms with Gasteiger partial charge in [0.1, 0.15) is 0 Å². The first-order valence-electron chi connectivity index (χ1n) is 6.51. The predicted octanol–water partition coefficient (Wildman–Crippen LogP) is 2.70. The highest BCUT2D eigenvalue weighted by Crippen LogP contribution is 2.33. The Kier molecular flexibility index (Phi) is 5.61. The summed E-state index contributed by atoms with van der Waals surface area (Å²) >= 11 is 12.7. The number of hydrogen-bond donors (Lipinski definition) is 2. The van der Waals surface area contributed by atoms with Crippen molar-refractivity contribution < 1.29 is 4.74 Å². The Morgan fingerprint density at radius 3 is 2.86 bits per heavy atom. The number of hydrazine groups is 1. The Labute approximate surface area is 134 Å². The second kappa shape index (κ2) is 7.24. The second-order valence-corrected chi connectivity index (χ2v) is 5.46. The molecule has 0 aliphatic carbocycles. The number of rotatable bonds is 6. The maximum absolute atomic E-state index is 6.40. The zero-order chi connectivity index (χ0) is 15.4. The van der Waals surface area contributed by atoms with Crippen LogP contribution >= 0.6 is 23.2 Å². The molecule has 0 bridgehead atoms. The van der Waals surface area contributed by atoms with Gasteiger partial charge in [0, 0.05) is 12.1 Å². The molecule has 0 saturated carbocycles. The second-order valence-electron chi connectivity index (χ2n) is 4.67. The van der Waals surface area contributed by atoms with Crippen molar-refractivity contribution in [2.45, 2.75) is 19.5 Å². The molecule has 5 nitrogen and oxygen atoms in total. The van der Waals surface area contributed by atoms with E-state index in [1.807, 2.05) is 25.1 Å². The summed E-state index contributed by atoms with van der Waals surface area (Å²) in [6.07, 6.45) is 1.60. The van der Waals surface area contributed by atoms with E-state index in [1.165, 1.54) is 0 Å². The van der Waals surface area contributed by atoms with Crippen LogP contribution in [0, 0.1) is 6.92 Å². The third-order valence-corrected chi connectivity index (χ3v) is 4.12. The summed E-state index contributed by atoms with van der Waals surface area (Å²) in [7, 11) is 1.64. The van der Waals surface area contributed by atoms with E-state index in [2.05, 4.69) is 10.5 Å². The lowest BCUT2D eigenvalue weighted by Crippen LogP contribution is -2.31. The summed E-state index contributed by atoms with van der Waals surface area (Å²) in [5.41, 5.74) is 5.38. The fraction of sp³-hybridized carbons (Fsp3) is 0.357. The number of hydrogen-bond acceptors (Lipinski definition) is 4. The molecule has 2 rings (SSSR count). The van der Waals surface area contributed by atoms with Gasteiger partial charge >= 0.3 is 0 Å². The van der Waals surface area contributed by atoms with Crippen LogP contribution in [0.15, 0.2) is 24.4 Å². The molecule has 7 heteroatoms. The molecule has 0 radical (unpaired) electrons. The van der Waals surface area contributed by atoms with Crippen molar-refractivity contribution in [2.75, 3.05) is 13.7 Å². The lowest BCUT2D eigenvalue weighted by molar-refractivity contribution is 0.182. The number of ether oxygens (including phenoxy) is 1. The van der Waals surface area contributed by atoms with Crippen molar-refractivity contribution in [1.29, 1.82) is 0 Å². The monoisotopic (exact) mass is 328 g/mol. The van der Waals surface area contributed by atoms with E-state index in [0.29, 0.717) is 23.2 Å². The molecule has 1 heterocycles. The van der Waals surface area contributed by atoms with Crippen molar-refractivity contribution in [3.8, 4) is 0 Å². The molecule has 2 aromatic rings. The first-order chi connectivity index (χ1) is 10.1. The van der Waals surface area contributed by atoms with Gasteiger partial charge in [-0.25, -0.2) is 5.43 Å². The fourth-order valence-corrected chi connectivity index (χ4v) is 2.71. The number of halogens is 2. The molecule has 0 aliphatic heterocycles. The molecule has 1 aromatic carbocycles. The van der Waals surface area contributed by atoms with Crippen LogP contribution < -0.4 is 11.3 Å². The van der Waals surface area contributed by atoms with E-state index in [9.17, 15) is 0 Å². The van der Waals surface area contributed by atoms with Gasteiger partial charge in [0.15, 0.2) is 0 Å². The number of nitrogens with zero attached hydrogens (tertiary/aromatic N) is 2. The number of methoxy groups -OCH3 is 1. The van der Waals surface area contributed by atoms with Crippen LogP contribution in [0.3, 0.4) is 0 Å². The van der Waals surface area contributed by atoms with Crippen molar-refractivity contribution in [1.82, 2.24) is 15.2 Å². The van der Waals surface area contributed by atoms with E-state index in [0.717, 1.165) is 16.8 Å². The molecule has 1 aromatic heterocycles. The third kappa shape index (κ3) is 3.39. The smallest absolute Gasteiger partial charge is 0.0907 e. The van der Waals surface area contributed by atoms with E-state index in [4.69, 9.17) is 33.8 Å². The van der Waals surface area contributed by atoms with Crippen LogP contribution in [-0.2, 0) is 11.3 Å². The SMILES string of the molecule is COCCn1ncc(Cl)c1C(NN)c1cccc(C)c1Cl. The van der Waals surface area contributed by atoms with E-state index < -0.39 is 0 Å². The van der Waals surface area contributed by atoms with Crippen LogP contribution in [-0.4, -0.2) is 23.5 Å². The van der Waals surface area contributed by atoms with Crippen molar-refractivity contribution in [3.05, 3.63) is 51.3 Å². The maximum atomic E-state index is 6.40. The molecule has 0 aliphatic rings. The molecule has 1 unspecified atom stereocenters. The standard InChI is InChI=1S/C14H18Cl2N4O/c1-9-4-3-5-10(12(9)16)13(19-17)14-11(15)8-18-20(14)6-7-21-2/h3-5,8,13,19H,6-7,17H2,1-2H3. The largest absolute Gasteiger partial charge is 0.383 e. The molecule has 114 valence electrons. The van der Waals surface area contributed by atoms with Gasteiger partial charge in [-0.05, 0) is 18.1 Å². The lowest BCUT2D eigenvalue weighted by atomic mass is 10.0. The van der Waals surface area contributed by atoms with Gasteiger partial charge in [-0.3, -0.25) is 10.5 Å². The average Bonchev–Trinajstić information content (AvgIpc) is 2.83. The fourth-order valence-electron chi connectivity index (χ4n) is 2.22. The molecule has 0 amide bonds. The Morgan fingerprint density at radius 1 is 1.43 bits per heavy atom. The zero-order valence-electron chi connectivity index (χ0n) is 11.9. The molecular formula is C14H18Cl2N4O. The molecular weight excluding hydrogens is 311 g/mol. The Bertz CT molecular complexity index is 615. The zero-order valence-corrected chi connectivity index (χ0v) is 13.4. The predicted molar refractivity (Wildman–Crippen MR) is 84.5 cm³/mol. The van der Waals surface area contributed by atoms with E-state index in [1.54, 1.807) is 18.0 Å². The highest BCUT2D eigenvalue weighted by Gasteiger charge is 2.23. The minimum atomic E-state index is -0.343. The van der Waals surface area contributed by atoms with Crippen LogP contribution in [0.2, 0.25) is 10.0 Å². The molecule has 0 fully saturated rings. The highest BCUT2D eigenvalue weighted by atomic mass is 35.5. The summed E-state index contributed by atoms with van der Waals surface area (Å²) in [6, 6.07) is 5.46. The highest BCUT2D eigenvalue weighted by molar-refractivity contribution is 6.32. The molecule has 1 atom stereocenters. The number of nitrogens with two attached hydrogens (primary N) is 1. The van der Waals surface area contributed by atoms with Gasteiger partial charge in [0.2, 0.25) is 0 Å². The normalized spacial score (nSPS) is 12.6. The first kappa shape index (κ1) is 16.3. The van der Waals surface area contributed by atoms with E-state index >= 15 is 0 Å². The van der Waals surface area contributed by atoms with Crippen molar-refractivity contribution >= 4 is 23.2 Å². The summed E-state index contributed by atoms with van der Waals surface area (Å²) in [5.74, 6) is 5.74. The molecule has 0 saturated heterocycles. The summed E-state index contributed by atoms with van der Waals surface area (Å²) < 4.78 is 6.86. The summed E-state index contributed by atoms with van der Waals surface area (Å²) in [6.45, 7) is 3.06. The van der Waals surface area contributed by atoms with Crippen molar-refractivity contribution in [3.63, 3.8) is 0 Å². The van der Waals surface area contributed by atoms with Gasteiger partial charge in [-0.2, -0.15) is 5.10 Å². The Balaban J connectivity index is 2.46. The van der Waals surface area contributed by atoms with Gasteiger partial charge in [-0.1, -0.05) is 41.4 Å². The van der Waals surface area contributed by atoms with Gasteiger partial charge in [0.05, 0.1) is 36.1 Å². The molecule has 21 heavy (non-hydrogen) atoms. The van der Waals surface area contributed by atoms with Crippen LogP contribution in [0.1, 0.15) is 22.9 Å². The number of benzene rings is 1. The third-order valence-electron chi connectivity index (χ3n) is 3.31. The van der Waals surface area contributed by atoms with Crippen molar-refractivity contribution in [2.24, 2.45) is 5.84 Å². The quantitative estimate of drug-likeness (QED) is 0.632. The minimum absolute atomic E-state index is 0.343. The van der Waals surface area contributed by atoms with Crippen LogP contribution in [0.25, 0.3) is 0 Å². The maximum Gasteiger partial charge on any atom is 0.0907 e. The average molecular weight is 329 g/mol. The van der Waals surface area contributed by atoms with Gasteiger partial charge in [-0.15, -0.1) is 0 Å². The summed E-state index contributed by atoms with van der Waals surface area (Å²) in [5, 5.41) is 5.46. The topological polar surface area (TPSA) is 65.1 Å². The van der Waals surface area contributed by atoms with Crippen LogP contribution in [0.4, 0.5) is 0 Å². The summed E-state index contributed by atoms with van der Waals surface area (Å²) in [4.78, 5) is 0. The van der Waals surface area contributed by atoms with Gasteiger partial charge < -0.3 is 4.74 Å². The minimum Gasteiger partial charge on any atom is -0.383 e. The first-order valence-corrected chi connectivity index (χ1v) is 7.27. The molecule has 0 spiro atoms.